The Morgan fingerprint density at radius 1 is 1.44 bits per heavy atom. The molecule has 1 atom stereocenters. The van der Waals surface area contributed by atoms with Crippen molar-refractivity contribution >= 4 is 15.9 Å². The van der Waals surface area contributed by atoms with E-state index in [9.17, 15) is 0 Å². The number of rotatable bonds is 3. The van der Waals surface area contributed by atoms with Crippen LogP contribution in [0, 0.1) is 0 Å². The molecule has 18 heavy (non-hydrogen) atoms. The molecular weight excluding hydrogens is 292 g/mol. The van der Waals surface area contributed by atoms with Gasteiger partial charge in [-0.25, -0.2) is 9.67 Å². The Balaban J connectivity index is 2.00. The van der Waals surface area contributed by atoms with Crippen LogP contribution in [0.1, 0.15) is 25.3 Å². The normalized spacial score (nSPS) is 18.6. The first-order valence-electron chi connectivity index (χ1n) is 6.04. The number of aromatic nitrogens is 3. The Hall–Kier alpha value is -1.20. The number of halogens is 1. The molecule has 3 rings (SSSR count). The van der Waals surface area contributed by atoms with Gasteiger partial charge in [0.05, 0.1) is 5.69 Å². The van der Waals surface area contributed by atoms with E-state index in [1.165, 1.54) is 24.7 Å². The molecule has 0 aliphatic heterocycles. The predicted octanol–water partition coefficient (Wildman–Crippen LogP) is 2.41. The molecule has 1 aliphatic rings. The van der Waals surface area contributed by atoms with Gasteiger partial charge in [-0.05, 0) is 53.4 Å². The fourth-order valence-corrected chi connectivity index (χ4v) is 3.04. The molecule has 0 bridgehead atoms. The Morgan fingerprint density at radius 2 is 2.22 bits per heavy atom. The number of hydrogen-bond donors (Lipinski definition) is 1. The van der Waals surface area contributed by atoms with Gasteiger partial charge in [0.25, 0.3) is 0 Å². The summed E-state index contributed by atoms with van der Waals surface area (Å²) >= 11 is 3.61. The molecule has 0 radical (unpaired) electrons. The van der Waals surface area contributed by atoms with Crippen LogP contribution in [0.3, 0.4) is 0 Å². The molecule has 1 saturated carbocycles. The van der Waals surface area contributed by atoms with Crippen molar-refractivity contribution in [3.8, 4) is 5.69 Å². The summed E-state index contributed by atoms with van der Waals surface area (Å²) in [7, 11) is 0. The van der Waals surface area contributed by atoms with Crippen LogP contribution in [-0.4, -0.2) is 20.8 Å². The van der Waals surface area contributed by atoms with Crippen LogP contribution >= 0.6 is 15.9 Å². The van der Waals surface area contributed by atoms with Crippen LogP contribution in [0.25, 0.3) is 5.69 Å². The third-order valence-corrected chi connectivity index (χ3v) is 4.48. The molecule has 1 aromatic heterocycles. The third kappa shape index (κ3) is 1.78. The van der Waals surface area contributed by atoms with Gasteiger partial charge in [0.2, 0.25) is 0 Å². The molecule has 1 aromatic carbocycles. The minimum atomic E-state index is 0.184. The first-order chi connectivity index (χ1) is 8.63. The van der Waals surface area contributed by atoms with Crippen molar-refractivity contribution in [2.75, 3.05) is 0 Å². The molecular formula is C13H15BrN4. The van der Waals surface area contributed by atoms with E-state index in [1.807, 2.05) is 0 Å². The molecule has 1 heterocycles. The van der Waals surface area contributed by atoms with Gasteiger partial charge in [-0.2, -0.15) is 5.10 Å². The van der Waals surface area contributed by atoms with Crippen LogP contribution in [-0.2, 0) is 5.41 Å². The molecule has 1 unspecified atom stereocenters. The van der Waals surface area contributed by atoms with Crippen molar-refractivity contribution < 1.29 is 0 Å². The fraction of sp³-hybridized carbons (Fsp3) is 0.385. The molecule has 0 spiro atoms. The molecule has 4 nitrogen and oxygen atoms in total. The number of nitrogens with zero attached hydrogens (tertiary/aromatic N) is 3. The van der Waals surface area contributed by atoms with Gasteiger partial charge in [0, 0.05) is 15.9 Å². The van der Waals surface area contributed by atoms with E-state index in [4.69, 9.17) is 5.73 Å². The molecule has 0 amide bonds. The van der Waals surface area contributed by atoms with Gasteiger partial charge in [-0.15, -0.1) is 0 Å². The van der Waals surface area contributed by atoms with Crippen LogP contribution in [0.2, 0.25) is 0 Å². The van der Waals surface area contributed by atoms with E-state index >= 15 is 0 Å². The summed E-state index contributed by atoms with van der Waals surface area (Å²) in [6.07, 6.45) is 5.59. The van der Waals surface area contributed by atoms with Gasteiger partial charge < -0.3 is 5.73 Å². The largest absolute Gasteiger partial charge is 0.327 e. The molecule has 5 heteroatoms. The van der Waals surface area contributed by atoms with Crippen molar-refractivity contribution in [3.05, 3.63) is 40.9 Å². The Kier molecular flexibility index (Phi) is 2.75. The van der Waals surface area contributed by atoms with E-state index < -0.39 is 0 Å². The summed E-state index contributed by atoms with van der Waals surface area (Å²) in [6, 6.07) is 6.57. The highest BCUT2D eigenvalue weighted by atomic mass is 79.9. The van der Waals surface area contributed by atoms with E-state index in [0.29, 0.717) is 0 Å². The van der Waals surface area contributed by atoms with E-state index in [-0.39, 0.29) is 11.5 Å². The zero-order chi connectivity index (χ0) is 12.8. The second-order valence-corrected chi connectivity index (χ2v) is 5.81. The van der Waals surface area contributed by atoms with E-state index in [1.54, 1.807) is 11.0 Å². The van der Waals surface area contributed by atoms with Gasteiger partial charge in [-0.1, -0.05) is 6.07 Å². The molecule has 0 saturated heterocycles. The number of hydrogen-bond acceptors (Lipinski definition) is 3. The summed E-state index contributed by atoms with van der Waals surface area (Å²) < 4.78 is 2.77. The van der Waals surface area contributed by atoms with Crippen molar-refractivity contribution in [1.82, 2.24) is 14.8 Å². The average Bonchev–Trinajstić information content (AvgIpc) is 2.99. The second kappa shape index (κ2) is 4.17. The van der Waals surface area contributed by atoms with E-state index in [0.717, 1.165) is 10.2 Å². The standard InChI is InChI=1S/C13H15BrN4/c1-9(15)13(4-5-13)10-2-3-12(11(14)6-10)18-8-16-7-17-18/h2-3,6-9H,4-5,15H2,1H3. The SMILES string of the molecule is CC(N)C1(c2ccc(-n3cncn3)c(Br)c2)CC1. The summed E-state index contributed by atoms with van der Waals surface area (Å²) in [5.41, 5.74) is 8.60. The Labute approximate surface area is 114 Å². The van der Waals surface area contributed by atoms with Gasteiger partial charge in [-0.3, -0.25) is 0 Å². The van der Waals surface area contributed by atoms with Gasteiger partial charge in [0.15, 0.2) is 0 Å². The first-order valence-corrected chi connectivity index (χ1v) is 6.83. The molecule has 2 N–H and O–H groups in total. The van der Waals surface area contributed by atoms with Crippen LogP contribution in [0.15, 0.2) is 35.3 Å². The fourth-order valence-electron chi connectivity index (χ4n) is 2.48. The first kappa shape index (κ1) is 11.9. The van der Waals surface area contributed by atoms with Crippen molar-refractivity contribution in [1.29, 1.82) is 0 Å². The predicted molar refractivity (Wildman–Crippen MR) is 73.6 cm³/mol. The lowest BCUT2D eigenvalue weighted by Crippen LogP contribution is -2.31. The second-order valence-electron chi connectivity index (χ2n) is 4.95. The maximum Gasteiger partial charge on any atom is 0.138 e. The zero-order valence-electron chi connectivity index (χ0n) is 10.2. The molecule has 94 valence electrons. The Bertz CT molecular complexity index is 558. The summed E-state index contributed by atoms with van der Waals surface area (Å²) in [5.74, 6) is 0. The zero-order valence-corrected chi connectivity index (χ0v) is 11.8. The average molecular weight is 307 g/mol. The van der Waals surface area contributed by atoms with Crippen LogP contribution in [0.4, 0.5) is 0 Å². The summed E-state index contributed by atoms with van der Waals surface area (Å²) in [5, 5.41) is 4.14. The molecule has 1 fully saturated rings. The summed E-state index contributed by atoms with van der Waals surface area (Å²) in [6.45, 7) is 2.09. The number of benzene rings is 1. The van der Waals surface area contributed by atoms with Gasteiger partial charge in [0.1, 0.15) is 12.7 Å². The van der Waals surface area contributed by atoms with Crippen molar-refractivity contribution in [3.63, 3.8) is 0 Å². The quantitative estimate of drug-likeness (QED) is 0.947. The lowest BCUT2D eigenvalue weighted by molar-refractivity contribution is 0.556. The third-order valence-electron chi connectivity index (χ3n) is 3.85. The Morgan fingerprint density at radius 3 is 2.72 bits per heavy atom. The lowest BCUT2D eigenvalue weighted by atomic mass is 9.89. The minimum absolute atomic E-state index is 0.184. The molecule has 1 aliphatic carbocycles. The van der Waals surface area contributed by atoms with E-state index in [2.05, 4.69) is 51.1 Å². The van der Waals surface area contributed by atoms with Gasteiger partial charge >= 0.3 is 0 Å². The minimum Gasteiger partial charge on any atom is -0.327 e. The smallest absolute Gasteiger partial charge is 0.138 e. The number of nitrogens with two attached hydrogens (primary N) is 1. The molecule has 2 aromatic rings. The highest BCUT2D eigenvalue weighted by Crippen LogP contribution is 2.50. The monoisotopic (exact) mass is 306 g/mol. The maximum absolute atomic E-state index is 6.10. The topological polar surface area (TPSA) is 56.7 Å². The maximum atomic E-state index is 6.10. The van der Waals surface area contributed by atoms with Crippen molar-refractivity contribution in [2.45, 2.75) is 31.2 Å². The van der Waals surface area contributed by atoms with Crippen molar-refractivity contribution in [2.24, 2.45) is 5.73 Å². The lowest BCUT2D eigenvalue weighted by Gasteiger charge is -2.21. The van der Waals surface area contributed by atoms with Crippen LogP contribution in [0.5, 0.6) is 0 Å². The van der Waals surface area contributed by atoms with Crippen LogP contribution < -0.4 is 5.73 Å². The summed E-state index contributed by atoms with van der Waals surface area (Å²) in [4.78, 5) is 3.96. The highest BCUT2D eigenvalue weighted by molar-refractivity contribution is 9.10. The highest BCUT2D eigenvalue weighted by Gasteiger charge is 2.47.